The van der Waals surface area contributed by atoms with Crippen molar-refractivity contribution in [1.82, 2.24) is 0 Å². The van der Waals surface area contributed by atoms with Gasteiger partial charge in [-0.15, -0.1) is 0 Å². The second-order valence-corrected chi connectivity index (χ2v) is 4.70. The molecule has 6 nitrogen and oxygen atoms in total. The van der Waals surface area contributed by atoms with E-state index in [1.54, 1.807) is 18.2 Å². The first-order valence-electron chi connectivity index (χ1n) is 6.70. The fraction of sp³-hybridized carbons (Fsp3) is 0.0625. The number of hydrogen-bond acceptors (Lipinski definition) is 3. The molecule has 2 aromatic rings. The molecule has 4 N–H and O–H groups in total. The highest BCUT2D eigenvalue weighted by Crippen LogP contribution is 2.13. The maximum absolute atomic E-state index is 13.4. The molecule has 0 unspecified atom stereocenters. The van der Waals surface area contributed by atoms with Gasteiger partial charge in [0.15, 0.2) is 0 Å². The minimum absolute atomic E-state index is 0.000950. The van der Waals surface area contributed by atoms with Crippen LogP contribution in [0, 0.1) is 5.82 Å². The highest BCUT2D eigenvalue weighted by molar-refractivity contribution is 6.08. The lowest BCUT2D eigenvalue weighted by atomic mass is 10.2. The Labute approximate surface area is 131 Å². The number of nitrogens with two attached hydrogens (primary N) is 1. The third-order valence-corrected chi connectivity index (χ3v) is 2.90. The lowest BCUT2D eigenvalue weighted by Crippen LogP contribution is -2.22. The van der Waals surface area contributed by atoms with Crippen LogP contribution in [0.3, 0.4) is 0 Å². The van der Waals surface area contributed by atoms with Crippen LogP contribution in [0.4, 0.5) is 15.8 Å². The molecule has 0 atom stereocenters. The third kappa shape index (κ3) is 4.63. The van der Waals surface area contributed by atoms with Gasteiger partial charge in [-0.25, -0.2) is 4.39 Å². The lowest BCUT2D eigenvalue weighted by molar-refractivity contribution is -0.123. The molecule has 0 fully saturated rings. The van der Waals surface area contributed by atoms with Crippen molar-refractivity contribution in [2.75, 3.05) is 10.6 Å². The summed E-state index contributed by atoms with van der Waals surface area (Å²) in [5, 5.41) is 4.77. The molecule has 0 spiro atoms. The number of carbonyl (C=O) groups excluding carboxylic acids is 3. The zero-order valence-corrected chi connectivity index (χ0v) is 12.0. The van der Waals surface area contributed by atoms with Crippen LogP contribution in [0.15, 0.2) is 48.5 Å². The Hall–Kier alpha value is -3.22. The standard InChI is InChI=1S/C16H14FN3O3/c17-12-6-1-2-7-13(12)20-15(22)9-14(21)19-11-5-3-4-10(8-11)16(18)23/h1-8H,9H2,(H2,18,23)(H,19,21)(H,20,22). The molecule has 0 saturated carbocycles. The molecule has 2 rings (SSSR count). The molecule has 0 aliphatic heterocycles. The van der Waals surface area contributed by atoms with Gasteiger partial charge in [0.2, 0.25) is 17.7 Å². The summed E-state index contributed by atoms with van der Waals surface area (Å²) >= 11 is 0. The van der Waals surface area contributed by atoms with Gasteiger partial charge < -0.3 is 16.4 Å². The van der Waals surface area contributed by atoms with Crippen molar-refractivity contribution in [2.24, 2.45) is 5.73 Å². The molecule has 0 aliphatic carbocycles. The molecule has 23 heavy (non-hydrogen) atoms. The Kier molecular flexibility index (Phi) is 5.03. The molecule has 0 heterocycles. The van der Waals surface area contributed by atoms with Crippen LogP contribution in [-0.4, -0.2) is 17.7 Å². The van der Waals surface area contributed by atoms with Crippen molar-refractivity contribution >= 4 is 29.1 Å². The summed E-state index contributed by atoms with van der Waals surface area (Å²) in [7, 11) is 0. The first-order chi connectivity index (χ1) is 11.0. The number of benzene rings is 2. The average Bonchev–Trinajstić information content (AvgIpc) is 2.49. The first kappa shape index (κ1) is 16.2. The number of carbonyl (C=O) groups is 3. The number of nitrogens with one attached hydrogen (secondary N) is 2. The smallest absolute Gasteiger partial charge is 0.248 e. The van der Waals surface area contributed by atoms with Crippen molar-refractivity contribution in [3.63, 3.8) is 0 Å². The molecule has 118 valence electrons. The second-order valence-electron chi connectivity index (χ2n) is 4.70. The summed E-state index contributed by atoms with van der Waals surface area (Å²) in [5.74, 6) is -2.46. The van der Waals surface area contributed by atoms with E-state index in [1.165, 1.54) is 30.3 Å². The zero-order chi connectivity index (χ0) is 16.8. The van der Waals surface area contributed by atoms with E-state index in [-0.39, 0.29) is 11.3 Å². The largest absolute Gasteiger partial charge is 0.366 e. The number of hydrogen-bond donors (Lipinski definition) is 3. The van der Waals surface area contributed by atoms with E-state index in [0.717, 1.165) is 0 Å². The van der Waals surface area contributed by atoms with E-state index in [2.05, 4.69) is 10.6 Å². The van der Waals surface area contributed by atoms with E-state index in [9.17, 15) is 18.8 Å². The van der Waals surface area contributed by atoms with E-state index >= 15 is 0 Å². The second kappa shape index (κ2) is 7.17. The fourth-order valence-electron chi connectivity index (χ4n) is 1.86. The molecule has 0 aliphatic rings. The molecular weight excluding hydrogens is 301 g/mol. The van der Waals surface area contributed by atoms with Crippen LogP contribution in [-0.2, 0) is 9.59 Å². The number of rotatable bonds is 5. The quantitative estimate of drug-likeness (QED) is 0.734. The number of para-hydroxylation sites is 1. The van der Waals surface area contributed by atoms with Gasteiger partial charge in [-0.05, 0) is 30.3 Å². The van der Waals surface area contributed by atoms with Crippen LogP contribution in [0.1, 0.15) is 16.8 Å². The summed E-state index contributed by atoms with van der Waals surface area (Å²) in [6, 6.07) is 11.6. The summed E-state index contributed by atoms with van der Waals surface area (Å²) in [4.78, 5) is 34.6. The predicted molar refractivity (Wildman–Crippen MR) is 83.2 cm³/mol. The average molecular weight is 315 g/mol. The Bertz CT molecular complexity index is 762. The first-order valence-corrected chi connectivity index (χ1v) is 6.70. The molecule has 7 heteroatoms. The number of amides is 3. The van der Waals surface area contributed by atoms with Gasteiger partial charge in [0.05, 0.1) is 5.69 Å². The van der Waals surface area contributed by atoms with E-state index < -0.39 is 30.0 Å². The van der Waals surface area contributed by atoms with E-state index in [1.807, 2.05) is 0 Å². The third-order valence-electron chi connectivity index (χ3n) is 2.90. The summed E-state index contributed by atoms with van der Waals surface area (Å²) in [6.45, 7) is 0. The van der Waals surface area contributed by atoms with Crippen LogP contribution in [0.2, 0.25) is 0 Å². The van der Waals surface area contributed by atoms with Crippen molar-refractivity contribution in [3.8, 4) is 0 Å². The highest BCUT2D eigenvalue weighted by atomic mass is 19.1. The Morgan fingerprint density at radius 2 is 1.65 bits per heavy atom. The monoisotopic (exact) mass is 315 g/mol. The van der Waals surface area contributed by atoms with Crippen LogP contribution in [0.5, 0.6) is 0 Å². The molecular formula is C16H14FN3O3. The minimum atomic E-state index is -0.654. The normalized spacial score (nSPS) is 9.96. The van der Waals surface area contributed by atoms with Gasteiger partial charge in [0, 0.05) is 11.3 Å². The summed E-state index contributed by atoms with van der Waals surface area (Å²) < 4.78 is 13.4. The van der Waals surface area contributed by atoms with Crippen LogP contribution >= 0.6 is 0 Å². The summed E-state index contributed by atoms with van der Waals surface area (Å²) in [6.07, 6.45) is -0.491. The number of halogens is 1. The topological polar surface area (TPSA) is 101 Å². The van der Waals surface area contributed by atoms with Gasteiger partial charge in [0.1, 0.15) is 12.2 Å². The van der Waals surface area contributed by atoms with Crippen molar-refractivity contribution in [3.05, 3.63) is 59.9 Å². The van der Waals surface area contributed by atoms with E-state index in [4.69, 9.17) is 5.73 Å². The summed E-state index contributed by atoms with van der Waals surface area (Å²) in [5.41, 5.74) is 5.72. The van der Waals surface area contributed by atoms with Crippen molar-refractivity contribution in [2.45, 2.75) is 6.42 Å². The van der Waals surface area contributed by atoms with Crippen molar-refractivity contribution in [1.29, 1.82) is 0 Å². The SMILES string of the molecule is NC(=O)c1cccc(NC(=O)CC(=O)Nc2ccccc2F)c1. The molecule has 0 aromatic heterocycles. The molecule has 3 amide bonds. The van der Waals surface area contributed by atoms with Crippen LogP contribution in [0.25, 0.3) is 0 Å². The molecule has 0 radical (unpaired) electrons. The van der Waals surface area contributed by atoms with Gasteiger partial charge in [-0.3, -0.25) is 14.4 Å². The van der Waals surface area contributed by atoms with Gasteiger partial charge >= 0.3 is 0 Å². The Balaban J connectivity index is 1.94. The number of anilines is 2. The fourth-order valence-corrected chi connectivity index (χ4v) is 1.86. The van der Waals surface area contributed by atoms with Crippen LogP contribution < -0.4 is 16.4 Å². The predicted octanol–water partition coefficient (Wildman–Crippen LogP) is 1.89. The number of primary amides is 1. The maximum atomic E-state index is 13.4. The minimum Gasteiger partial charge on any atom is -0.366 e. The van der Waals surface area contributed by atoms with Crippen molar-refractivity contribution < 1.29 is 18.8 Å². The Morgan fingerprint density at radius 3 is 2.35 bits per heavy atom. The van der Waals surface area contributed by atoms with Gasteiger partial charge in [-0.1, -0.05) is 18.2 Å². The lowest BCUT2D eigenvalue weighted by Gasteiger charge is -2.08. The Morgan fingerprint density at radius 1 is 0.957 bits per heavy atom. The zero-order valence-electron chi connectivity index (χ0n) is 12.0. The molecule has 2 aromatic carbocycles. The van der Waals surface area contributed by atoms with E-state index in [0.29, 0.717) is 5.69 Å². The molecule has 0 bridgehead atoms. The van der Waals surface area contributed by atoms with Gasteiger partial charge in [-0.2, -0.15) is 0 Å². The highest BCUT2D eigenvalue weighted by Gasteiger charge is 2.12. The maximum Gasteiger partial charge on any atom is 0.248 e. The van der Waals surface area contributed by atoms with Gasteiger partial charge in [0.25, 0.3) is 0 Å². The molecule has 0 saturated heterocycles.